The number of anilines is 2. The number of hydrogen-bond donors (Lipinski definition) is 1. The molecule has 1 N–H and O–H groups in total. The quantitative estimate of drug-likeness (QED) is 0.845. The highest BCUT2D eigenvalue weighted by atomic mass is 35.5. The monoisotopic (exact) mass is 356 g/mol. The summed E-state index contributed by atoms with van der Waals surface area (Å²) in [6.45, 7) is 5.76. The molecule has 1 unspecified atom stereocenters. The third-order valence-electron chi connectivity index (χ3n) is 3.82. The van der Waals surface area contributed by atoms with Crippen molar-refractivity contribution in [1.29, 1.82) is 0 Å². The van der Waals surface area contributed by atoms with Crippen molar-refractivity contribution < 1.29 is 14.3 Å². The van der Waals surface area contributed by atoms with Crippen LogP contribution in [0.3, 0.4) is 0 Å². The third kappa shape index (κ3) is 3.51. The first-order chi connectivity index (χ1) is 12.0. The Kier molecular flexibility index (Phi) is 4.76. The van der Waals surface area contributed by atoms with E-state index < -0.39 is 6.10 Å². The highest BCUT2D eigenvalue weighted by Gasteiger charge is 2.31. The van der Waals surface area contributed by atoms with Gasteiger partial charge in [-0.05, 0) is 43.3 Å². The maximum Gasteiger partial charge on any atom is 0.268 e. The van der Waals surface area contributed by atoms with E-state index in [9.17, 15) is 9.59 Å². The molecule has 0 saturated heterocycles. The Morgan fingerprint density at radius 2 is 2.16 bits per heavy atom. The van der Waals surface area contributed by atoms with Crippen molar-refractivity contribution in [2.24, 2.45) is 0 Å². The summed E-state index contributed by atoms with van der Waals surface area (Å²) in [5, 5.41) is 3.30. The van der Waals surface area contributed by atoms with Crippen LogP contribution in [0.15, 0.2) is 55.1 Å². The summed E-state index contributed by atoms with van der Waals surface area (Å²) < 4.78 is 5.63. The summed E-state index contributed by atoms with van der Waals surface area (Å²) in [6.07, 6.45) is 1.09. The summed E-state index contributed by atoms with van der Waals surface area (Å²) in [4.78, 5) is 26.3. The van der Waals surface area contributed by atoms with Crippen LogP contribution in [0.25, 0.3) is 0 Å². The molecule has 1 heterocycles. The number of benzene rings is 2. The first kappa shape index (κ1) is 17.0. The Labute approximate surface area is 150 Å². The molecule has 0 radical (unpaired) electrons. The van der Waals surface area contributed by atoms with E-state index in [1.54, 1.807) is 60.4 Å². The van der Waals surface area contributed by atoms with Crippen molar-refractivity contribution in [1.82, 2.24) is 0 Å². The topological polar surface area (TPSA) is 58.6 Å². The Morgan fingerprint density at radius 3 is 2.88 bits per heavy atom. The predicted octanol–water partition coefficient (Wildman–Crippen LogP) is 3.89. The normalized spacial score (nSPS) is 16.0. The number of ether oxygens (including phenoxy) is 1. The molecular weight excluding hydrogens is 340 g/mol. The van der Waals surface area contributed by atoms with E-state index in [0.717, 1.165) is 0 Å². The standard InChI is InChI=1S/C19H17ClN2O3/c1-3-9-22-16-11-15(7-8-17(16)25-12(2)19(22)24)21-18(23)13-5-4-6-14(20)10-13/h3-8,10-12H,1,9H2,2H3,(H,21,23). The van der Waals surface area contributed by atoms with Gasteiger partial charge in [-0.15, -0.1) is 6.58 Å². The van der Waals surface area contributed by atoms with Crippen LogP contribution in [0.2, 0.25) is 5.02 Å². The van der Waals surface area contributed by atoms with Crippen LogP contribution in [0.1, 0.15) is 17.3 Å². The number of nitrogens with zero attached hydrogens (tertiary/aromatic N) is 1. The lowest BCUT2D eigenvalue weighted by Crippen LogP contribution is -2.44. The van der Waals surface area contributed by atoms with Crippen molar-refractivity contribution in [3.63, 3.8) is 0 Å². The van der Waals surface area contributed by atoms with Gasteiger partial charge in [-0.25, -0.2) is 0 Å². The molecule has 128 valence electrons. The minimum atomic E-state index is -0.556. The molecule has 0 bridgehead atoms. The van der Waals surface area contributed by atoms with Crippen LogP contribution in [0.5, 0.6) is 5.75 Å². The lowest BCUT2D eigenvalue weighted by atomic mass is 10.1. The molecule has 25 heavy (non-hydrogen) atoms. The number of hydrogen-bond acceptors (Lipinski definition) is 3. The van der Waals surface area contributed by atoms with Crippen LogP contribution in [0, 0.1) is 0 Å². The molecule has 1 atom stereocenters. The van der Waals surface area contributed by atoms with Crippen molar-refractivity contribution >= 4 is 34.8 Å². The van der Waals surface area contributed by atoms with Gasteiger partial charge >= 0.3 is 0 Å². The van der Waals surface area contributed by atoms with E-state index in [4.69, 9.17) is 16.3 Å². The molecule has 6 heteroatoms. The number of rotatable bonds is 4. The summed E-state index contributed by atoms with van der Waals surface area (Å²) in [7, 11) is 0. The number of amides is 2. The third-order valence-corrected chi connectivity index (χ3v) is 4.06. The minimum Gasteiger partial charge on any atom is -0.479 e. The summed E-state index contributed by atoms with van der Waals surface area (Å²) >= 11 is 5.92. The van der Waals surface area contributed by atoms with Crippen molar-refractivity contribution in [3.05, 3.63) is 65.7 Å². The maximum atomic E-state index is 12.4. The molecule has 0 spiro atoms. The Balaban J connectivity index is 1.88. The second kappa shape index (κ2) is 6.99. The van der Waals surface area contributed by atoms with Crippen LogP contribution >= 0.6 is 11.6 Å². The van der Waals surface area contributed by atoms with Gasteiger partial charge < -0.3 is 15.0 Å². The van der Waals surface area contributed by atoms with Gasteiger partial charge in [-0.3, -0.25) is 9.59 Å². The van der Waals surface area contributed by atoms with Crippen molar-refractivity contribution in [2.75, 3.05) is 16.8 Å². The molecule has 5 nitrogen and oxygen atoms in total. The zero-order valence-electron chi connectivity index (χ0n) is 13.7. The molecule has 0 fully saturated rings. The van der Waals surface area contributed by atoms with Gasteiger partial charge in [0.1, 0.15) is 5.75 Å². The molecule has 0 aromatic heterocycles. The van der Waals surface area contributed by atoms with E-state index in [0.29, 0.717) is 34.3 Å². The first-order valence-corrected chi connectivity index (χ1v) is 8.17. The fraction of sp³-hybridized carbons (Fsp3) is 0.158. The Bertz CT molecular complexity index is 850. The average molecular weight is 357 g/mol. The lowest BCUT2D eigenvalue weighted by Gasteiger charge is -2.32. The molecule has 2 aromatic rings. The fourth-order valence-corrected chi connectivity index (χ4v) is 2.83. The van der Waals surface area contributed by atoms with E-state index in [1.807, 2.05) is 0 Å². The number of carbonyl (C=O) groups is 2. The molecule has 2 aromatic carbocycles. The predicted molar refractivity (Wildman–Crippen MR) is 98.5 cm³/mol. The van der Waals surface area contributed by atoms with Crippen LogP contribution < -0.4 is 15.0 Å². The molecular formula is C19H17ClN2O3. The Morgan fingerprint density at radius 1 is 1.36 bits per heavy atom. The molecule has 3 rings (SSSR count). The number of nitrogens with one attached hydrogen (secondary N) is 1. The molecule has 2 amide bonds. The van der Waals surface area contributed by atoms with Gasteiger partial charge in [0, 0.05) is 22.8 Å². The highest BCUT2D eigenvalue weighted by molar-refractivity contribution is 6.31. The number of fused-ring (bicyclic) bond motifs is 1. The van der Waals surface area contributed by atoms with E-state index >= 15 is 0 Å². The largest absolute Gasteiger partial charge is 0.479 e. The minimum absolute atomic E-state index is 0.147. The molecule has 1 aliphatic rings. The lowest BCUT2D eigenvalue weighted by molar-refractivity contribution is -0.125. The van der Waals surface area contributed by atoms with Gasteiger partial charge in [-0.2, -0.15) is 0 Å². The maximum absolute atomic E-state index is 12.4. The fourth-order valence-electron chi connectivity index (χ4n) is 2.64. The second-order valence-electron chi connectivity index (χ2n) is 5.64. The smallest absolute Gasteiger partial charge is 0.268 e. The molecule has 0 saturated carbocycles. The summed E-state index contributed by atoms with van der Waals surface area (Å²) in [5.74, 6) is 0.162. The van der Waals surface area contributed by atoms with Gasteiger partial charge in [0.2, 0.25) is 0 Å². The highest BCUT2D eigenvalue weighted by Crippen LogP contribution is 2.36. The SMILES string of the molecule is C=CCN1C(=O)C(C)Oc2ccc(NC(=O)c3cccc(Cl)c3)cc21. The Hall–Kier alpha value is -2.79. The molecule has 0 aliphatic carbocycles. The van der Waals surface area contributed by atoms with Gasteiger partial charge in [0.15, 0.2) is 6.10 Å². The zero-order valence-corrected chi connectivity index (χ0v) is 14.4. The van der Waals surface area contributed by atoms with Crippen LogP contribution in [-0.2, 0) is 4.79 Å². The van der Waals surface area contributed by atoms with Crippen molar-refractivity contribution in [2.45, 2.75) is 13.0 Å². The van der Waals surface area contributed by atoms with Gasteiger partial charge in [-0.1, -0.05) is 23.7 Å². The number of carbonyl (C=O) groups excluding carboxylic acids is 2. The van der Waals surface area contributed by atoms with E-state index in [2.05, 4.69) is 11.9 Å². The zero-order chi connectivity index (χ0) is 18.0. The van der Waals surface area contributed by atoms with E-state index in [1.165, 1.54) is 0 Å². The van der Waals surface area contributed by atoms with Crippen LogP contribution in [0.4, 0.5) is 11.4 Å². The molecule has 1 aliphatic heterocycles. The summed E-state index contributed by atoms with van der Waals surface area (Å²) in [5.41, 5.74) is 1.62. The summed E-state index contributed by atoms with van der Waals surface area (Å²) in [6, 6.07) is 11.9. The van der Waals surface area contributed by atoms with Crippen molar-refractivity contribution in [3.8, 4) is 5.75 Å². The first-order valence-electron chi connectivity index (χ1n) is 7.79. The van der Waals surface area contributed by atoms with Gasteiger partial charge in [0.05, 0.1) is 5.69 Å². The number of halogens is 1. The second-order valence-corrected chi connectivity index (χ2v) is 6.08. The van der Waals surface area contributed by atoms with Gasteiger partial charge in [0.25, 0.3) is 11.8 Å². The average Bonchev–Trinajstić information content (AvgIpc) is 2.59. The van der Waals surface area contributed by atoms with E-state index in [-0.39, 0.29) is 11.8 Å². The van der Waals surface area contributed by atoms with Crippen LogP contribution in [-0.4, -0.2) is 24.5 Å².